The van der Waals surface area contributed by atoms with Crippen molar-refractivity contribution in [1.82, 2.24) is 0 Å². The normalized spacial score (nSPS) is 50.5. The van der Waals surface area contributed by atoms with Gasteiger partial charge in [0.15, 0.2) is 0 Å². The Kier molecular flexibility index (Phi) is 2.22. The first kappa shape index (κ1) is 11.8. The summed E-state index contributed by atoms with van der Waals surface area (Å²) in [4.78, 5) is 0. The average molecular weight is 232 g/mol. The third kappa shape index (κ3) is 1.36. The summed E-state index contributed by atoms with van der Waals surface area (Å²) >= 11 is 0. The van der Waals surface area contributed by atoms with Gasteiger partial charge < -0.3 is 0 Å². The Labute approximate surface area is 107 Å². The largest absolute Gasteiger partial charge is 0.0836 e. The summed E-state index contributed by atoms with van der Waals surface area (Å²) in [6, 6.07) is 0. The van der Waals surface area contributed by atoms with Gasteiger partial charge in [0, 0.05) is 0 Å². The lowest BCUT2D eigenvalue weighted by Gasteiger charge is -2.41. The maximum absolute atomic E-state index is 2.58. The quantitative estimate of drug-likeness (QED) is 0.574. The molecule has 0 N–H and O–H groups in total. The molecule has 4 unspecified atom stereocenters. The summed E-state index contributed by atoms with van der Waals surface area (Å²) in [6.07, 6.45) is 9.60. The molecule has 17 heavy (non-hydrogen) atoms. The summed E-state index contributed by atoms with van der Waals surface area (Å²) in [7, 11) is 0. The molecule has 0 bridgehead atoms. The Morgan fingerprint density at radius 2 is 1.94 bits per heavy atom. The van der Waals surface area contributed by atoms with Gasteiger partial charge in [-0.15, -0.1) is 0 Å². The number of hydrogen-bond acceptors (Lipinski definition) is 0. The predicted octanol–water partition coefficient (Wildman–Crippen LogP) is 5.20. The van der Waals surface area contributed by atoms with Gasteiger partial charge in [-0.25, -0.2) is 0 Å². The fourth-order valence-corrected chi connectivity index (χ4v) is 5.78. The highest BCUT2D eigenvalue weighted by atomic mass is 14.7. The van der Waals surface area contributed by atoms with Gasteiger partial charge in [-0.3, -0.25) is 0 Å². The minimum atomic E-state index is 0.565. The minimum Gasteiger partial charge on any atom is -0.0836 e. The molecule has 0 heterocycles. The minimum absolute atomic E-state index is 0.565. The Bertz CT molecular complexity index is 375. The summed E-state index contributed by atoms with van der Waals surface area (Å²) in [5.74, 6) is 1.87. The van der Waals surface area contributed by atoms with E-state index in [0.29, 0.717) is 16.2 Å². The number of allylic oxidation sites excluding steroid dienone is 2. The van der Waals surface area contributed by atoms with Crippen molar-refractivity contribution in [2.24, 2.45) is 28.1 Å². The van der Waals surface area contributed by atoms with Crippen molar-refractivity contribution in [1.29, 1.82) is 0 Å². The van der Waals surface area contributed by atoms with Crippen molar-refractivity contribution in [3.8, 4) is 0 Å². The maximum atomic E-state index is 2.58. The molecule has 0 nitrogen and oxygen atoms in total. The molecular formula is C17H28. The van der Waals surface area contributed by atoms with Crippen LogP contribution < -0.4 is 0 Å². The molecule has 3 aliphatic carbocycles. The molecule has 0 aromatic rings. The Balaban J connectivity index is 2.01. The molecule has 0 aromatic carbocycles. The molecule has 4 atom stereocenters. The predicted molar refractivity (Wildman–Crippen MR) is 73.8 cm³/mol. The highest BCUT2D eigenvalue weighted by Crippen LogP contribution is 2.73. The smallest absolute Gasteiger partial charge is 0.00757 e. The van der Waals surface area contributed by atoms with Crippen LogP contribution in [0.15, 0.2) is 11.6 Å². The summed E-state index contributed by atoms with van der Waals surface area (Å²) in [5.41, 5.74) is 3.61. The molecule has 0 saturated heterocycles. The highest BCUT2D eigenvalue weighted by molar-refractivity contribution is 5.37. The van der Waals surface area contributed by atoms with Crippen molar-refractivity contribution in [3.05, 3.63) is 11.6 Å². The first-order valence-corrected chi connectivity index (χ1v) is 7.53. The van der Waals surface area contributed by atoms with Gasteiger partial charge in [-0.2, -0.15) is 0 Å². The number of rotatable bonds is 2. The molecule has 2 saturated carbocycles. The number of fused-ring (bicyclic) bond motifs is 3. The van der Waals surface area contributed by atoms with Gasteiger partial charge in [-0.05, 0) is 53.8 Å². The van der Waals surface area contributed by atoms with Crippen LogP contribution in [-0.4, -0.2) is 0 Å². The van der Waals surface area contributed by atoms with Gasteiger partial charge in [0.25, 0.3) is 0 Å². The topological polar surface area (TPSA) is 0 Å². The highest BCUT2D eigenvalue weighted by Gasteiger charge is 2.63. The molecule has 0 aliphatic heterocycles. The molecule has 0 aromatic heterocycles. The second kappa shape index (κ2) is 3.19. The molecule has 0 heteroatoms. The molecule has 0 radical (unpaired) electrons. The van der Waals surface area contributed by atoms with E-state index < -0.39 is 0 Å². The van der Waals surface area contributed by atoms with Crippen molar-refractivity contribution >= 4 is 0 Å². The van der Waals surface area contributed by atoms with Crippen molar-refractivity contribution in [2.45, 2.75) is 66.7 Å². The van der Waals surface area contributed by atoms with Crippen LogP contribution in [0, 0.1) is 28.1 Å². The zero-order chi connectivity index (χ0) is 12.5. The van der Waals surface area contributed by atoms with Crippen molar-refractivity contribution in [3.63, 3.8) is 0 Å². The van der Waals surface area contributed by atoms with Crippen LogP contribution in [-0.2, 0) is 0 Å². The van der Waals surface area contributed by atoms with Crippen LogP contribution in [0.3, 0.4) is 0 Å². The van der Waals surface area contributed by atoms with E-state index in [2.05, 4.69) is 40.7 Å². The van der Waals surface area contributed by atoms with E-state index in [1.807, 2.05) is 5.57 Å². The van der Waals surface area contributed by atoms with Crippen LogP contribution in [0.2, 0.25) is 0 Å². The van der Waals surface area contributed by atoms with Crippen LogP contribution >= 0.6 is 0 Å². The van der Waals surface area contributed by atoms with Crippen LogP contribution in [0.1, 0.15) is 66.7 Å². The van der Waals surface area contributed by atoms with E-state index in [0.717, 1.165) is 11.8 Å². The zero-order valence-electron chi connectivity index (χ0n) is 12.3. The fourth-order valence-electron chi connectivity index (χ4n) is 5.78. The second-order valence-corrected chi connectivity index (χ2v) is 8.28. The van der Waals surface area contributed by atoms with E-state index in [4.69, 9.17) is 0 Å². The Hall–Kier alpha value is -0.260. The molecule has 2 fully saturated rings. The van der Waals surface area contributed by atoms with Gasteiger partial charge in [-0.1, -0.05) is 52.7 Å². The SMILES string of the molecule is CCCC1(C)CC(C)(C)C2CC3(C)CC=C3C21. The lowest BCUT2D eigenvalue weighted by Crippen LogP contribution is -2.30. The molecule has 3 rings (SSSR count). The van der Waals surface area contributed by atoms with E-state index in [-0.39, 0.29) is 0 Å². The van der Waals surface area contributed by atoms with Crippen LogP contribution in [0.25, 0.3) is 0 Å². The lowest BCUT2D eigenvalue weighted by atomic mass is 9.63. The molecule has 0 amide bonds. The van der Waals surface area contributed by atoms with Crippen LogP contribution in [0.5, 0.6) is 0 Å². The molecule has 0 spiro atoms. The van der Waals surface area contributed by atoms with E-state index in [9.17, 15) is 0 Å². The third-order valence-corrected chi connectivity index (χ3v) is 6.31. The first-order chi connectivity index (χ1) is 7.82. The molecule has 96 valence electrons. The Morgan fingerprint density at radius 3 is 2.47 bits per heavy atom. The fraction of sp³-hybridized carbons (Fsp3) is 0.882. The second-order valence-electron chi connectivity index (χ2n) is 8.28. The zero-order valence-corrected chi connectivity index (χ0v) is 12.3. The monoisotopic (exact) mass is 232 g/mol. The van der Waals surface area contributed by atoms with Crippen molar-refractivity contribution in [2.75, 3.05) is 0 Å². The lowest BCUT2D eigenvalue weighted by molar-refractivity contribution is 0.192. The van der Waals surface area contributed by atoms with E-state index in [1.54, 1.807) is 0 Å². The maximum Gasteiger partial charge on any atom is -0.00757 e. The first-order valence-electron chi connectivity index (χ1n) is 7.53. The van der Waals surface area contributed by atoms with Gasteiger partial charge in [0.1, 0.15) is 0 Å². The number of hydrogen-bond donors (Lipinski definition) is 0. The summed E-state index contributed by atoms with van der Waals surface area (Å²) < 4.78 is 0. The van der Waals surface area contributed by atoms with Gasteiger partial charge in [0.05, 0.1) is 0 Å². The van der Waals surface area contributed by atoms with Gasteiger partial charge in [0.2, 0.25) is 0 Å². The van der Waals surface area contributed by atoms with Gasteiger partial charge >= 0.3 is 0 Å². The molecular weight excluding hydrogens is 204 g/mol. The molecule has 3 aliphatic rings. The standard InChI is InChI=1S/C17H28/c1-6-8-17(5)11-15(2,3)13-10-16(4)9-7-12(16)14(13)17/h7,13-14H,6,8-11H2,1-5H3. The van der Waals surface area contributed by atoms with E-state index in [1.165, 1.54) is 32.1 Å². The van der Waals surface area contributed by atoms with E-state index >= 15 is 0 Å². The summed E-state index contributed by atoms with van der Waals surface area (Å²) in [5, 5.41) is 0. The third-order valence-electron chi connectivity index (χ3n) is 6.31. The van der Waals surface area contributed by atoms with Crippen molar-refractivity contribution < 1.29 is 0 Å². The summed E-state index contributed by atoms with van der Waals surface area (Å²) in [6.45, 7) is 12.5. The van der Waals surface area contributed by atoms with Crippen LogP contribution in [0.4, 0.5) is 0 Å². The average Bonchev–Trinajstić information content (AvgIpc) is 2.48. The Morgan fingerprint density at radius 1 is 1.24 bits per heavy atom.